The smallest absolute Gasteiger partial charge is 0.332 e. The van der Waals surface area contributed by atoms with Gasteiger partial charge in [-0.25, -0.2) is 4.79 Å². The molecule has 3 N–H and O–H groups in total. The second kappa shape index (κ2) is 8.26. The van der Waals surface area contributed by atoms with Gasteiger partial charge in [0, 0.05) is 32.2 Å². The van der Waals surface area contributed by atoms with Crippen molar-refractivity contribution in [3.63, 3.8) is 0 Å². The fourth-order valence-electron chi connectivity index (χ4n) is 1.50. The second-order valence-corrected chi connectivity index (χ2v) is 4.35. The molecule has 1 amide bonds. The van der Waals surface area contributed by atoms with E-state index in [1.807, 2.05) is 6.92 Å². The molecular weight excluding hydrogens is 266 g/mol. The zero-order chi connectivity index (χ0) is 15.0. The molecule has 0 aromatic carbocycles. The molecule has 1 heterocycles. The van der Waals surface area contributed by atoms with Crippen LogP contribution in [-0.4, -0.2) is 44.9 Å². The number of amides is 1. The van der Waals surface area contributed by atoms with Gasteiger partial charge < -0.3 is 20.1 Å². The molecular formula is C12H19N3O5. The molecule has 1 rings (SSSR count). The molecule has 20 heavy (non-hydrogen) atoms. The molecule has 0 saturated carbocycles. The highest BCUT2D eigenvalue weighted by molar-refractivity contribution is 5.76. The monoisotopic (exact) mass is 285 g/mol. The molecule has 8 heteroatoms. The van der Waals surface area contributed by atoms with Gasteiger partial charge in [-0.3, -0.25) is 4.79 Å². The van der Waals surface area contributed by atoms with E-state index in [1.165, 1.54) is 0 Å². The van der Waals surface area contributed by atoms with Gasteiger partial charge >= 0.3 is 5.97 Å². The molecule has 1 unspecified atom stereocenters. The van der Waals surface area contributed by atoms with Crippen LogP contribution in [0.25, 0.3) is 0 Å². The van der Waals surface area contributed by atoms with E-state index in [-0.39, 0.29) is 25.3 Å². The number of nitrogens with one attached hydrogen (secondary N) is 1. The lowest BCUT2D eigenvalue weighted by Crippen LogP contribution is -2.30. The maximum Gasteiger partial charge on any atom is 0.332 e. The van der Waals surface area contributed by atoms with E-state index in [4.69, 9.17) is 14.7 Å². The Balaban J connectivity index is 2.20. The molecule has 0 spiro atoms. The van der Waals surface area contributed by atoms with Crippen molar-refractivity contribution in [3.05, 3.63) is 11.7 Å². The molecule has 0 fully saturated rings. The Morgan fingerprint density at radius 2 is 2.15 bits per heavy atom. The highest BCUT2D eigenvalue weighted by atomic mass is 16.5. The number of aliphatic carboxylic acids is 1. The number of carbonyl (C=O) groups is 2. The minimum absolute atomic E-state index is 0.0255. The van der Waals surface area contributed by atoms with Crippen molar-refractivity contribution in [1.29, 1.82) is 0 Å². The first-order chi connectivity index (χ1) is 9.52. The Bertz CT molecular complexity index is 446. The lowest BCUT2D eigenvalue weighted by molar-refractivity contribution is -0.147. The SMILES string of the molecule is CCCc1noc(CCC(=O)NCCC(O)C(=O)O)n1. The van der Waals surface area contributed by atoms with Gasteiger partial charge in [-0.1, -0.05) is 12.1 Å². The van der Waals surface area contributed by atoms with Crippen LogP contribution in [0.3, 0.4) is 0 Å². The summed E-state index contributed by atoms with van der Waals surface area (Å²) in [6.45, 7) is 2.12. The fourth-order valence-corrected chi connectivity index (χ4v) is 1.50. The first kappa shape index (κ1) is 16.1. The van der Waals surface area contributed by atoms with Crippen molar-refractivity contribution >= 4 is 11.9 Å². The number of aliphatic hydroxyl groups excluding tert-OH is 1. The van der Waals surface area contributed by atoms with E-state index in [0.717, 1.165) is 12.8 Å². The number of aromatic nitrogens is 2. The minimum Gasteiger partial charge on any atom is -0.479 e. The predicted molar refractivity (Wildman–Crippen MR) is 67.9 cm³/mol. The normalized spacial score (nSPS) is 12.1. The van der Waals surface area contributed by atoms with Crippen LogP contribution < -0.4 is 5.32 Å². The van der Waals surface area contributed by atoms with Gasteiger partial charge in [-0.15, -0.1) is 0 Å². The van der Waals surface area contributed by atoms with Crippen molar-refractivity contribution in [3.8, 4) is 0 Å². The van der Waals surface area contributed by atoms with Gasteiger partial charge in [-0.05, 0) is 6.42 Å². The highest BCUT2D eigenvalue weighted by Crippen LogP contribution is 2.03. The molecule has 0 aliphatic carbocycles. The molecule has 1 atom stereocenters. The number of rotatable bonds is 9. The molecule has 8 nitrogen and oxygen atoms in total. The first-order valence-electron chi connectivity index (χ1n) is 6.52. The zero-order valence-corrected chi connectivity index (χ0v) is 11.3. The summed E-state index contributed by atoms with van der Waals surface area (Å²) in [6, 6.07) is 0. The molecule has 112 valence electrons. The van der Waals surface area contributed by atoms with Gasteiger partial charge in [0.05, 0.1) is 0 Å². The van der Waals surface area contributed by atoms with E-state index in [1.54, 1.807) is 0 Å². The summed E-state index contributed by atoms with van der Waals surface area (Å²) >= 11 is 0. The lowest BCUT2D eigenvalue weighted by atomic mass is 10.2. The molecule has 1 aromatic rings. The summed E-state index contributed by atoms with van der Waals surface area (Å²) in [7, 11) is 0. The number of carbonyl (C=O) groups excluding carboxylic acids is 1. The number of carboxylic acids is 1. The molecule has 0 saturated heterocycles. The number of aliphatic hydroxyl groups is 1. The average Bonchev–Trinajstić information content (AvgIpc) is 2.84. The van der Waals surface area contributed by atoms with Crippen molar-refractivity contribution < 1.29 is 24.3 Å². The summed E-state index contributed by atoms with van der Waals surface area (Å²) in [5, 5.41) is 23.8. The quantitative estimate of drug-likeness (QED) is 0.578. The van der Waals surface area contributed by atoms with Crippen molar-refractivity contribution in [1.82, 2.24) is 15.5 Å². The van der Waals surface area contributed by atoms with Crippen LogP contribution in [0, 0.1) is 0 Å². The Kier molecular flexibility index (Phi) is 6.65. The fraction of sp³-hybridized carbons (Fsp3) is 0.667. The van der Waals surface area contributed by atoms with Crippen LogP contribution in [0.2, 0.25) is 0 Å². The van der Waals surface area contributed by atoms with E-state index in [0.29, 0.717) is 18.1 Å². The van der Waals surface area contributed by atoms with Crippen LogP contribution in [0.15, 0.2) is 4.52 Å². The molecule has 0 aliphatic heterocycles. The Morgan fingerprint density at radius 3 is 2.80 bits per heavy atom. The topological polar surface area (TPSA) is 126 Å². The van der Waals surface area contributed by atoms with Crippen LogP contribution in [-0.2, 0) is 22.4 Å². The molecule has 1 aromatic heterocycles. The summed E-state index contributed by atoms with van der Waals surface area (Å²) < 4.78 is 4.98. The molecule has 0 radical (unpaired) electrons. The summed E-state index contributed by atoms with van der Waals surface area (Å²) in [5.41, 5.74) is 0. The number of aryl methyl sites for hydroxylation is 2. The number of hydrogen-bond acceptors (Lipinski definition) is 6. The van der Waals surface area contributed by atoms with Crippen molar-refractivity contribution in [2.45, 2.75) is 45.1 Å². The lowest BCUT2D eigenvalue weighted by Gasteiger charge is -2.06. The van der Waals surface area contributed by atoms with E-state index in [2.05, 4.69) is 15.5 Å². The van der Waals surface area contributed by atoms with E-state index < -0.39 is 12.1 Å². The third kappa shape index (κ3) is 5.79. The van der Waals surface area contributed by atoms with E-state index >= 15 is 0 Å². The Hall–Kier alpha value is -1.96. The van der Waals surface area contributed by atoms with Gasteiger partial charge in [-0.2, -0.15) is 4.98 Å². The largest absolute Gasteiger partial charge is 0.479 e. The highest BCUT2D eigenvalue weighted by Gasteiger charge is 2.13. The number of hydrogen-bond donors (Lipinski definition) is 3. The summed E-state index contributed by atoms with van der Waals surface area (Å²) in [6.07, 6.45) is 0.694. The predicted octanol–water partition coefficient (Wildman–Crippen LogP) is -0.0935. The van der Waals surface area contributed by atoms with Crippen molar-refractivity contribution in [2.24, 2.45) is 0 Å². The summed E-state index contributed by atoms with van der Waals surface area (Å²) in [5.74, 6) is -0.506. The first-order valence-corrected chi connectivity index (χ1v) is 6.52. The van der Waals surface area contributed by atoms with Crippen LogP contribution in [0.1, 0.15) is 37.9 Å². The third-order valence-corrected chi connectivity index (χ3v) is 2.57. The second-order valence-electron chi connectivity index (χ2n) is 4.35. The average molecular weight is 285 g/mol. The maximum atomic E-state index is 11.5. The van der Waals surface area contributed by atoms with Crippen LogP contribution in [0.4, 0.5) is 0 Å². The number of nitrogens with zero attached hydrogens (tertiary/aromatic N) is 2. The summed E-state index contributed by atoms with van der Waals surface area (Å²) in [4.78, 5) is 25.9. The minimum atomic E-state index is -1.46. The van der Waals surface area contributed by atoms with Gasteiger partial charge in [0.15, 0.2) is 11.9 Å². The number of carboxylic acid groups (broad SMARTS) is 1. The zero-order valence-electron chi connectivity index (χ0n) is 11.3. The van der Waals surface area contributed by atoms with Gasteiger partial charge in [0.2, 0.25) is 11.8 Å². The Morgan fingerprint density at radius 1 is 1.40 bits per heavy atom. The maximum absolute atomic E-state index is 11.5. The van der Waals surface area contributed by atoms with Crippen LogP contribution >= 0.6 is 0 Å². The van der Waals surface area contributed by atoms with Gasteiger partial charge in [0.25, 0.3) is 0 Å². The van der Waals surface area contributed by atoms with Crippen molar-refractivity contribution in [2.75, 3.05) is 6.54 Å². The Labute approximate surface area is 116 Å². The third-order valence-electron chi connectivity index (χ3n) is 2.57. The molecule has 0 bridgehead atoms. The van der Waals surface area contributed by atoms with Gasteiger partial charge in [0.1, 0.15) is 0 Å². The van der Waals surface area contributed by atoms with E-state index in [9.17, 15) is 9.59 Å². The molecule has 0 aliphatic rings. The van der Waals surface area contributed by atoms with Crippen LogP contribution in [0.5, 0.6) is 0 Å². The standard InChI is InChI=1S/C12H19N3O5/c1-2-3-9-14-11(20-15-9)5-4-10(17)13-7-6-8(16)12(18)19/h8,16H,2-7H2,1H3,(H,13,17)(H,18,19).